The van der Waals surface area contributed by atoms with Crippen LogP contribution in [0.1, 0.15) is 25.7 Å². The molecule has 0 radical (unpaired) electrons. The zero-order valence-corrected chi connectivity index (χ0v) is 16.8. The quantitative estimate of drug-likeness (QED) is 0.507. The number of carbonyl (C=O) groups is 2. The SMILES string of the molecule is COc1cc(NC(=O)[C@H]2CC[C@H](C(=O)OC)CC2)c(I)cc1Br. The van der Waals surface area contributed by atoms with E-state index < -0.39 is 0 Å². The minimum atomic E-state index is -0.170. The van der Waals surface area contributed by atoms with Crippen molar-refractivity contribution in [2.75, 3.05) is 19.5 Å². The molecule has 1 saturated carbocycles. The Morgan fingerprint density at radius 1 is 1.17 bits per heavy atom. The lowest BCUT2D eigenvalue weighted by Gasteiger charge is -2.26. The lowest BCUT2D eigenvalue weighted by atomic mass is 9.81. The fraction of sp³-hybridized carbons (Fsp3) is 0.500. The van der Waals surface area contributed by atoms with Gasteiger partial charge in [-0.3, -0.25) is 9.59 Å². The molecular weight excluding hydrogens is 477 g/mol. The Hall–Kier alpha value is -0.830. The summed E-state index contributed by atoms with van der Waals surface area (Å²) < 4.78 is 11.8. The van der Waals surface area contributed by atoms with Crippen molar-refractivity contribution in [3.8, 4) is 5.75 Å². The molecule has 1 fully saturated rings. The highest BCUT2D eigenvalue weighted by atomic mass is 127. The van der Waals surface area contributed by atoms with E-state index in [-0.39, 0.29) is 23.7 Å². The minimum Gasteiger partial charge on any atom is -0.495 e. The second-order valence-electron chi connectivity index (χ2n) is 5.53. The van der Waals surface area contributed by atoms with E-state index in [0.717, 1.165) is 13.7 Å². The standard InChI is InChI=1S/C16H19BrINO4/c1-22-14-8-13(12(18)7-11(14)17)19-15(20)9-3-5-10(6-4-9)16(21)23-2/h7-10H,3-6H2,1-2H3,(H,19,20)/t9-,10-. The van der Waals surface area contributed by atoms with E-state index in [1.165, 1.54) is 7.11 Å². The summed E-state index contributed by atoms with van der Waals surface area (Å²) in [6.45, 7) is 0. The summed E-state index contributed by atoms with van der Waals surface area (Å²) in [5.74, 6) is 0.361. The van der Waals surface area contributed by atoms with E-state index >= 15 is 0 Å². The third-order valence-corrected chi connectivity index (χ3v) is 5.64. The molecule has 1 amide bonds. The molecule has 0 unspecified atom stereocenters. The molecule has 0 bridgehead atoms. The van der Waals surface area contributed by atoms with Crippen LogP contribution in [-0.2, 0) is 14.3 Å². The molecule has 0 aromatic heterocycles. The molecule has 0 spiro atoms. The summed E-state index contributed by atoms with van der Waals surface area (Å²) in [4.78, 5) is 24.0. The second-order valence-corrected chi connectivity index (χ2v) is 7.54. The monoisotopic (exact) mass is 495 g/mol. The zero-order chi connectivity index (χ0) is 17.0. The number of benzene rings is 1. The molecule has 0 saturated heterocycles. The molecule has 1 aromatic rings. The summed E-state index contributed by atoms with van der Waals surface area (Å²) in [6.07, 6.45) is 2.81. The summed E-state index contributed by atoms with van der Waals surface area (Å²) in [5, 5.41) is 2.98. The van der Waals surface area contributed by atoms with Crippen LogP contribution in [0.5, 0.6) is 5.75 Å². The number of methoxy groups -OCH3 is 2. The van der Waals surface area contributed by atoms with Crippen LogP contribution in [-0.4, -0.2) is 26.1 Å². The molecule has 1 aromatic carbocycles. The van der Waals surface area contributed by atoms with E-state index in [2.05, 4.69) is 43.8 Å². The van der Waals surface area contributed by atoms with Crippen molar-refractivity contribution in [2.24, 2.45) is 11.8 Å². The lowest BCUT2D eigenvalue weighted by molar-refractivity contribution is -0.147. The maximum Gasteiger partial charge on any atom is 0.308 e. The van der Waals surface area contributed by atoms with Crippen LogP contribution in [0.25, 0.3) is 0 Å². The topological polar surface area (TPSA) is 64.6 Å². The van der Waals surface area contributed by atoms with Crippen molar-refractivity contribution in [1.29, 1.82) is 0 Å². The van der Waals surface area contributed by atoms with Crippen LogP contribution < -0.4 is 10.1 Å². The van der Waals surface area contributed by atoms with E-state index in [4.69, 9.17) is 9.47 Å². The van der Waals surface area contributed by atoms with Crippen LogP contribution in [0.15, 0.2) is 16.6 Å². The number of hydrogen-bond acceptors (Lipinski definition) is 4. The highest BCUT2D eigenvalue weighted by Gasteiger charge is 2.30. The van der Waals surface area contributed by atoms with Gasteiger partial charge in [0.15, 0.2) is 0 Å². The highest BCUT2D eigenvalue weighted by Crippen LogP contribution is 2.34. The van der Waals surface area contributed by atoms with Crippen molar-refractivity contribution >= 4 is 56.1 Å². The van der Waals surface area contributed by atoms with E-state index in [1.807, 2.05) is 12.1 Å². The molecule has 1 N–H and O–H groups in total. The summed E-state index contributed by atoms with van der Waals surface area (Å²) >= 11 is 5.60. The van der Waals surface area contributed by atoms with E-state index in [0.29, 0.717) is 31.4 Å². The van der Waals surface area contributed by atoms with Crippen molar-refractivity contribution in [3.63, 3.8) is 0 Å². The van der Waals surface area contributed by atoms with Crippen molar-refractivity contribution in [2.45, 2.75) is 25.7 Å². The largest absolute Gasteiger partial charge is 0.495 e. The molecule has 7 heteroatoms. The van der Waals surface area contributed by atoms with Gasteiger partial charge in [-0.2, -0.15) is 0 Å². The number of amides is 1. The van der Waals surface area contributed by atoms with Crippen LogP contribution in [0.4, 0.5) is 5.69 Å². The fourth-order valence-electron chi connectivity index (χ4n) is 2.77. The van der Waals surface area contributed by atoms with Crippen LogP contribution in [0.2, 0.25) is 0 Å². The number of esters is 1. The number of halogens is 2. The Morgan fingerprint density at radius 2 is 1.78 bits per heavy atom. The molecular formula is C16H19BrINO4. The number of carbonyl (C=O) groups excluding carboxylic acids is 2. The van der Waals surface area contributed by atoms with Crippen LogP contribution in [0.3, 0.4) is 0 Å². The Kier molecular flexibility index (Phi) is 6.70. The number of anilines is 1. The number of rotatable bonds is 4. The van der Waals surface area contributed by atoms with Gasteiger partial charge in [0.25, 0.3) is 0 Å². The van der Waals surface area contributed by atoms with Gasteiger partial charge in [0.1, 0.15) is 5.75 Å². The maximum absolute atomic E-state index is 12.5. The third-order valence-electron chi connectivity index (χ3n) is 4.13. The van der Waals surface area contributed by atoms with E-state index in [1.54, 1.807) is 7.11 Å². The normalized spacial score (nSPS) is 20.7. The van der Waals surface area contributed by atoms with Gasteiger partial charge in [-0.05, 0) is 70.3 Å². The molecule has 0 heterocycles. The van der Waals surface area contributed by atoms with Gasteiger partial charge < -0.3 is 14.8 Å². The second kappa shape index (κ2) is 8.32. The van der Waals surface area contributed by atoms with Crippen LogP contribution >= 0.6 is 38.5 Å². The van der Waals surface area contributed by atoms with Gasteiger partial charge in [0, 0.05) is 15.6 Å². The Labute approximate surface area is 157 Å². The van der Waals surface area contributed by atoms with Gasteiger partial charge in [-0.25, -0.2) is 0 Å². The minimum absolute atomic E-state index is 0.00407. The molecule has 0 atom stereocenters. The summed E-state index contributed by atoms with van der Waals surface area (Å²) in [7, 11) is 3.00. The summed E-state index contributed by atoms with van der Waals surface area (Å²) in [5.41, 5.74) is 0.741. The van der Waals surface area contributed by atoms with E-state index in [9.17, 15) is 9.59 Å². The first kappa shape index (κ1) is 18.5. The van der Waals surface area contributed by atoms with Gasteiger partial charge in [-0.15, -0.1) is 0 Å². The molecule has 5 nitrogen and oxygen atoms in total. The fourth-order valence-corrected chi connectivity index (χ4v) is 4.31. The first-order chi connectivity index (χ1) is 11.0. The predicted octanol–water partition coefficient (Wildman–Crippen LogP) is 3.98. The molecule has 2 rings (SSSR count). The molecule has 1 aliphatic carbocycles. The first-order valence-corrected chi connectivity index (χ1v) is 9.25. The average Bonchev–Trinajstić information content (AvgIpc) is 2.56. The Morgan fingerprint density at radius 3 is 2.35 bits per heavy atom. The average molecular weight is 496 g/mol. The highest BCUT2D eigenvalue weighted by molar-refractivity contribution is 14.1. The molecule has 126 valence electrons. The maximum atomic E-state index is 12.5. The van der Waals surface area contributed by atoms with Crippen molar-refractivity contribution < 1.29 is 19.1 Å². The van der Waals surface area contributed by atoms with Crippen molar-refractivity contribution in [3.05, 3.63) is 20.2 Å². The van der Waals surface area contributed by atoms with Crippen LogP contribution in [0, 0.1) is 15.4 Å². The zero-order valence-electron chi connectivity index (χ0n) is 13.0. The molecule has 23 heavy (non-hydrogen) atoms. The molecule has 0 aliphatic heterocycles. The Balaban J connectivity index is 1.99. The summed E-state index contributed by atoms with van der Waals surface area (Å²) in [6, 6.07) is 3.72. The van der Waals surface area contributed by atoms with Gasteiger partial charge >= 0.3 is 5.97 Å². The smallest absolute Gasteiger partial charge is 0.308 e. The van der Waals surface area contributed by atoms with Gasteiger partial charge in [0.2, 0.25) is 5.91 Å². The van der Waals surface area contributed by atoms with Gasteiger partial charge in [-0.1, -0.05) is 0 Å². The molecule has 1 aliphatic rings. The van der Waals surface area contributed by atoms with Gasteiger partial charge in [0.05, 0.1) is 30.3 Å². The Bertz CT molecular complexity index is 600. The van der Waals surface area contributed by atoms with Crippen molar-refractivity contribution in [1.82, 2.24) is 0 Å². The first-order valence-electron chi connectivity index (χ1n) is 7.38. The number of nitrogens with one attached hydrogen (secondary N) is 1. The number of hydrogen-bond donors (Lipinski definition) is 1. The third kappa shape index (κ3) is 4.59. The number of ether oxygens (including phenoxy) is 2. The predicted molar refractivity (Wildman–Crippen MR) is 99.5 cm³/mol. The lowest BCUT2D eigenvalue weighted by Crippen LogP contribution is -2.30.